The van der Waals surface area contributed by atoms with Crippen LogP contribution < -0.4 is 5.32 Å². The average molecular weight is 427 g/mol. The second kappa shape index (κ2) is 9.46. The molecule has 1 aliphatic carbocycles. The summed E-state index contributed by atoms with van der Waals surface area (Å²) >= 11 is 7.85. The number of hydrogen-bond donors (Lipinski definition) is 1. The molecule has 1 saturated carbocycles. The Labute approximate surface area is 179 Å². The van der Waals surface area contributed by atoms with Crippen LogP contribution in [0.25, 0.3) is 11.4 Å². The van der Waals surface area contributed by atoms with Crippen molar-refractivity contribution in [3.63, 3.8) is 0 Å². The van der Waals surface area contributed by atoms with Gasteiger partial charge in [-0.2, -0.15) is 0 Å². The van der Waals surface area contributed by atoms with Crippen LogP contribution in [0, 0.1) is 0 Å². The van der Waals surface area contributed by atoms with Gasteiger partial charge in [0.2, 0.25) is 5.91 Å². The maximum atomic E-state index is 12.3. The fourth-order valence-electron chi connectivity index (χ4n) is 3.67. The summed E-state index contributed by atoms with van der Waals surface area (Å²) in [5.74, 6) is 1.08. The zero-order chi connectivity index (χ0) is 20.1. The van der Waals surface area contributed by atoms with Crippen molar-refractivity contribution in [2.75, 3.05) is 5.75 Å². The molecular weight excluding hydrogens is 404 g/mol. The Kier molecular flexibility index (Phi) is 6.52. The molecule has 4 rings (SSSR count). The van der Waals surface area contributed by atoms with Crippen LogP contribution in [0.15, 0.2) is 59.8 Å². The van der Waals surface area contributed by atoms with E-state index >= 15 is 0 Å². The number of carbonyl (C=O) groups is 1. The highest BCUT2D eigenvalue weighted by Gasteiger charge is 2.26. The topological polar surface area (TPSA) is 59.8 Å². The van der Waals surface area contributed by atoms with E-state index < -0.39 is 0 Å². The first-order valence-corrected chi connectivity index (χ1v) is 11.2. The zero-order valence-corrected chi connectivity index (χ0v) is 17.6. The Hall–Kier alpha value is -2.31. The first-order valence-electron chi connectivity index (χ1n) is 9.85. The molecule has 0 saturated heterocycles. The van der Waals surface area contributed by atoms with Crippen LogP contribution in [-0.4, -0.2) is 26.4 Å². The Morgan fingerprint density at radius 1 is 1.07 bits per heavy atom. The Bertz CT molecular complexity index is 970. The summed E-state index contributed by atoms with van der Waals surface area (Å²) in [5.41, 5.74) is 1.97. The summed E-state index contributed by atoms with van der Waals surface area (Å²) < 4.78 is 2.18. The molecule has 0 radical (unpaired) electrons. The summed E-state index contributed by atoms with van der Waals surface area (Å²) in [6, 6.07) is 18.0. The van der Waals surface area contributed by atoms with Crippen molar-refractivity contribution < 1.29 is 4.79 Å². The standard InChI is InChI=1S/C22H23ClN4OS/c23-19-13-7-6-12-18(19)21-25-26-22(27(21)17-10-4-5-11-17)29-15-20(28)24-14-16-8-2-1-3-9-16/h1-3,6-9,12-13,17H,4-5,10-11,14-15H2,(H,24,28). The highest BCUT2D eigenvalue weighted by Crippen LogP contribution is 2.38. The highest BCUT2D eigenvalue weighted by molar-refractivity contribution is 7.99. The molecule has 0 unspecified atom stereocenters. The third-order valence-electron chi connectivity index (χ3n) is 5.13. The van der Waals surface area contributed by atoms with Gasteiger partial charge in [-0.15, -0.1) is 10.2 Å². The number of benzene rings is 2. The first-order chi connectivity index (χ1) is 14.2. The number of hydrogen-bond acceptors (Lipinski definition) is 4. The SMILES string of the molecule is O=C(CSc1nnc(-c2ccccc2Cl)n1C1CCCC1)NCc1ccccc1. The molecule has 1 aliphatic rings. The third kappa shape index (κ3) is 4.82. The Morgan fingerprint density at radius 2 is 1.79 bits per heavy atom. The van der Waals surface area contributed by atoms with Crippen LogP contribution in [0.1, 0.15) is 37.3 Å². The van der Waals surface area contributed by atoms with Crippen molar-refractivity contribution >= 4 is 29.3 Å². The molecule has 2 aromatic carbocycles. The van der Waals surface area contributed by atoms with E-state index in [0.717, 1.165) is 34.9 Å². The van der Waals surface area contributed by atoms with E-state index in [0.29, 0.717) is 23.4 Å². The number of halogens is 1. The number of carbonyl (C=O) groups excluding carboxylic acids is 1. The summed E-state index contributed by atoms with van der Waals surface area (Å²) in [4.78, 5) is 12.3. The maximum Gasteiger partial charge on any atom is 0.230 e. The van der Waals surface area contributed by atoms with Crippen LogP contribution in [0.2, 0.25) is 5.02 Å². The van der Waals surface area contributed by atoms with Gasteiger partial charge in [-0.1, -0.05) is 78.7 Å². The quantitative estimate of drug-likeness (QED) is 0.532. The summed E-state index contributed by atoms with van der Waals surface area (Å²) in [6.45, 7) is 0.528. The van der Waals surface area contributed by atoms with Crippen LogP contribution in [-0.2, 0) is 11.3 Å². The van der Waals surface area contributed by atoms with E-state index in [9.17, 15) is 4.79 Å². The van der Waals surface area contributed by atoms with E-state index in [4.69, 9.17) is 11.6 Å². The normalized spacial score (nSPS) is 14.2. The minimum absolute atomic E-state index is 0.0147. The van der Waals surface area contributed by atoms with Crippen molar-refractivity contribution in [2.45, 2.75) is 43.4 Å². The van der Waals surface area contributed by atoms with E-state index in [-0.39, 0.29) is 5.91 Å². The smallest absolute Gasteiger partial charge is 0.230 e. The molecule has 0 aliphatic heterocycles. The summed E-state index contributed by atoms with van der Waals surface area (Å²) in [7, 11) is 0. The lowest BCUT2D eigenvalue weighted by Gasteiger charge is -2.17. The molecule has 0 atom stereocenters. The molecule has 1 heterocycles. The molecule has 0 bridgehead atoms. The van der Waals surface area contributed by atoms with Gasteiger partial charge in [0.25, 0.3) is 0 Å². The number of rotatable bonds is 7. The molecule has 7 heteroatoms. The zero-order valence-electron chi connectivity index (χ0n) is 16.1. The number of nitrogens with zero attached hydrogens (tertiary/aromatic N) is 3. The van der Waals surface area contributed by atoms with Gasteiger partial charge in [0.15, 0.2) is 11.0 Å². The lowest BCUT2D eigenvalue weighted by Crippen LogP contribution is -2.24. The van der Waals surface area contributed by atoms with Crippen LogP contribution in [0.5, 0.6) is 0 Å². The van der Waals surface area contributed by atoms with Crippen molar-refractivity contribution in [1.82, 2.24) is 20.1 Å². The van der Waals surface area contributed by atoms with Gasteiger partial charge in [-0.3, -0.25) is 9.36 Å². The van der Waals surface area contributed by atoms with E-state index in [1.807, 2.05) is 54.6 Å². The van der Waals surface area contributed by atoms with Gasteiger partial charge in [0.05, 0.1) is 10.8 Å². The summed E-state index contributed by atoms with van der Waals surface area (Å²) in [5, 5.41) is 13.3. The molecule has 0 spiro atoms. The largest absolute Gasteiger partial charge is 0.351 e. The number of aromatic nitrogens is 3. The molecule has 3 aromatic rings. The van der Waals surface area contributed by atoms with Gasteiger partial charge in [-0.05, 0) is 30.5 Å². The van der Waals surface area contributed by atoms with Gasteiger partial charge in [-0.25, -0.2) is 0 Å². The van der Waals surface area contributed by atoms with E-state index in [2.05, 4.69) is 20.1 Å². The molecule has 1 aromatic heterocycles. The van der Waals surface area contributed by atoms with Crippen molar-refractivity contribution in [3.8, 4) is 11.4 Å². The first kappa shape index (κ1) is 20.0. The summed E-state index contributed by atoms with van der Waals surface area (Å²) in [6.07, 6.45) is 4.60. The Morgan fingerprint density at radius 3 is 2.55 bits per heavy atom. The van der Waals surface area contributed by atoms with Crippen LogP contribution in [0.3, 0.4) is 0 Å². The number of amides is 1. The molecule has 29 heavy (non-hydrogen) atoms. The maximum absolute atomic E-state index is 12.3. The molecule has 1 amide bonds. The predicted molar refractivity (Wildman–Crippen MR) is 117 cm³/mol. The predicted octanol–water partition coefficient (Wildman–Crippen LogP) is 5.12. The number of thioether (sulfide) groups is 1. The number of nitrogens with one attached hydrogen (secondary N) is 1. The van der Waals surface area contributed by atoms with Crippen LogP contribution >= 0.6 is 23.4 Å². The second-order valence-corrected chi connectivity index (χ2v) is 8.50. The lowest BCUT2D eigenvalue weighted by atomic mass is 10.2. The van der Waals surface area contributed by atoms with Gasteiger partial charge in [0, 0.05) is 18.2 Å². The van der Waals surface area contributed by atoms with Crippen LogP contribution in [0.4, 0.5) is 0 Å². The molecule has 1 N–H and O–H groups in total. The van der Waals surface area contributed by atoms with Gasteiger partial charge >= 0.3 is 0 Å². The molecule has 150 valence electrons. The Balaban J connectivity index is 1.48. The van der Waals surface area contributed by atoms with Crippen molar-refractivity contribution in [2.24, 2.45) is 0 Å². The highest BCUT2D eigenvalue weighted by atomic mass is 35.5. The van der Waals surface area contributed by atoms with Gasteiger partial charge in [0.1, 0.15) is 0 Å². The minimum atomic E-state index is -0.0147. The molecule has 1 fully saturated rings. The van der Waals surface area contributed by atoms with Crippen molar-refractivity contribution in [1.29, 1.82) is 0 Å². The monoisotopic (exact) mass is 426 g/mol. The average Bonchev–Trinajstić information content (AvgIpc) is 3.41. The van der Waals surface area contributed by atoms with Crippen molar-refractivity contribution in [3.05, 3.63) is 65.2 Å². The van der Waals surface area contributed by atoms with Gasteiger partial charge < -0.3 is 5.32 Å². The van der Waals surface area contributed by atoms with E-state index in [1.54, 1.807) is 0 Å². The minimum Gasteiger partial charge on any atom is -0.351 e. The molecular formula is C22H23ClN4OS. The molecule has 5 nitrogen and oxygen atoms in total. The fraction of sp³-hybridized carbons (Fsp3) is 0.318. The van der Waals surface area contributed by atoms with E-state index in [1.165, 1.54) is 24.6 Å². The second-order valence-electron chi connectivity index (χ2n) is 7.15. The third-order valence-corrected chi connectivity index (χ3v) is 6.41. The fourth-order valence-corrected chi connectivity index (χ4v) is 4.73. The lowest BCUT2D eigenvalue weighted by molar-refractivity contribution is -0.118.